The van der Waals surface area contributed by atoms with E-state index < -0.39 is 11.8 Å². The van der Waals surface area contributed by atoms with Gasteiger partial charge in [-0.2, -0.15) is 0 Å². The molecule has 4 nitrogen and oxygen atoms in total. The number of aryl methyl sites for hydroxylation is 1. The molecule has 0 fully saturated rings. The van der Waals surface area contributed by atoms with Gasteiger partial charge in [0.15, 0.2) is 0 Å². The third-order valence-electron chi connectivity index (χ3n) is 2.52. The molecule has 0 atom stereocenters. The topological polar surface area (TPSA) is 49.4 Å². The standard InChI is InChI=1S/C13H18N2O2/c1-4-15(5-2)13(17)12(16)14-11-8-6-7-10(3)9-11/h6-9H,4-5H2,1-3H3,(H,14,16). The van der Waals surface area contributed by atoms with Crippen LogP contribution in [0.15, 0.2) is 24.3 Å². The summed E-state index contributed by atoms with van der Waals surface area (Å²) in [4.78, 5) is 24.9. The van der Waals surface area contributed by atoms with Gasteiger partial charge in [-0.1, -0.05) is 12.1 Å². The number of hydrogen-bond acceptors (Lipinski definition) is 2. The van der Waals surface area contributed by atoms with E-state index in [1.165, 1.54) is 4.90 Å². The molecule has 0 spiro atoms. The van der Waals surface area contributed by atoms with E-state index in [2.05, 4.69) is 5.32 Å². The van der Waals surface area contributed by atoms with Crippen molar-refractivity contribution >= 4 is 17.5 Å². The minimum Gasteiger partial charge on any atom is -0.335 e. The van der Waals surface area contributed by atoms with E-state index in [0.717, 1.165) is 5.56 Å². The van der Waals surface area contributed by atoms with Crippen LogP contribution in [0.1, 0.15) is 19.4 Å². The molecule has 0 aliphatic rings. The summed E-state index contributed by atoms with van der Waals surface area (Å²) >= 11 is 0. The summed E-state index contributed by atoms with van der Waals surface area (Å²) in [6.07, 6.45) is 0. The number of nitrogens with one attached hydrogen (secondary N) is 1. The highest BCUT2D eigenvalue weighted by atomic mass is 16.2. The van der Waals surface area contributed by atoms with Gasteiger partial charge in [-0.3, -0.25) is 9.59 Å². The predicted octanol–water partition coefficient (Wildman–Crippen LogP) is 1.80. The molecule has 1 aromatic carbocycles. The molecule has 0 radical (unpaired) electrons. The summed E-state index contributed by atoms with van der Waals surface area (Å²) in [6.45, 7) is 6.71. The molecule has 0 aliphatic heterocycles. The summed E-state index contributed by atoms with van der Waals surface area (Å²) in [6, 6.07) is 7.36. The van der Waals surface area contributed by atoms with Crippen molar-refractivity contribution in [2.75, 3.05) is 18.4 Å². The first-order valence-corrected chi connectivity index (χ1v) is 5.75. The SMILES string of the molecule is CCN(CC)C(=O)C(=O)Nc1cccc(C)c1. The number of nitrogens with zero attached hydrogens (tertiary/aromatic N) is 1. The smallest absolute Gasteiger partial charge is 0.313 e. The highest BCUT2D eigenvalue weighted by Crippen LogP contribution is 2.09. The van der Waals surface area contributed by atoms with E-state index in [1.807, 2.05) is 39.0 Å². The van der Waals surface area contributed by atoms with E-state index in [-0.39, 0.29) is 0 Å². The molecule has 0 aliphatic carbocycles. The van der Waals surface area contributed by atoms with Crippen LogP contribution in [0.3, 0.4) is 0 Å². The zero-order valence-corrected chi connectivity index (χ0v) is 10.5. The molecule has 1 rings (SSSR count). The van der Waals surface area contributed by atoms with Crippen molar-refractivity contribution in [2.45, 2.75) is 20.8 Å². The lowest BCUT2D eigenvalue weighted by atomic mass is 10.2. The van der Waals surface area contributed by atoms with Gasteiger partial charge in [-0.05, 0) is 38.5 Å². The molecule has 0 heterocycles. The first-order valence-electron chi connectivity index (χ1n) is 5.75. The van der Waals surface area contributed by atoms with Crippen molar-refractivity contribution in [3.8, 4) is 0 Å². The molecule has 0 unspecified atom stereocenters. The summed E-state index contributed by atoms with van der Waals surface area (Å²) in [5.74, 6) is -1.07. The van der Waals surface area contributed by atoms with Gasteiger partial charge in [0.05, 0.1) is 0 Å². The van der Waals surface area contributed by atoms with E-state index in [4.69, 9.17) is 0 Å². The lowest BCUT2D eigenvalue weighted by molar-refractivity contribution is -0.142. The Hall–Kier alpha value is -1.84. The van der Waals surface area contributed by atoms with E-state index >= 15 is 0 Å². The lowest BCUT2D eigenvalue weighted by Crippen LogP contribution is -2.39. The molecular weight excluding hydrogens is 216 g/mol. The van der Waals surface area contributed by atoms with Crippen molar-refractivity contribution in [3.05, 3.63) is 29.8 Å². The molecule has 4 heteroatoms. The Balaban J connectivity index is 2.69. The predicted molar refractivity (Wildman–Crippen MR) is 67.7 cm³/mol. The average molecular weight is 234 g/mol. The molecule has 1 aromatic rings. The van der Waals surface area contributed by atoms with Gasteiger partial charge in [0.1, 0.15) is 0 Å². The molecule has 0 saturated carbocycles. The first-order chi connectivity index (χ1) is 8.08. The average Bonchev–Trinajstić information content (AvgIpc) is 2.30. The maximum atomic E-state index is 11.7. The third kappa shape index (κ3) is 3.59. The number of rotatable bonds is 3. The Labute approximate surface area is 102 Å². The van der Waals surface area contributed by atoms with Crippen LogP contribution in [0.25, 0.3) is 0 Å². The number of carbonyl (C=O) groups excluding carboxylic acids is 2. The number of carbonyl (C=O) groups is 2. The first kappa shape index (κ1) is 13.2. The molecule has 0 bridgehead atoms. The molecule has 92 valence electrons. The van der Waals surface area contributed by atoms with E-state index in [9.17, 15) is 9.59 Å². The Morgan fingerprint density at radius 1 is 1.24 bits per heavy atom. The highest BCUT2D eigenvalue weighted by molar-refractivity contribution is 6.39. The number of amides is 2. The van der Waals surface area contributed by atoms with Crippen LogP contribution in [0, 0.1) is 6.92 Å². The van der Waals surface area contributed by atoms with Gasteiger partial charge in [0.2, 0.25) is 0 Å². The minimum atomic E-state index is -0.584. The van der Waals surface area contributed by atoms with Crippen LogP contribution < -0.4 is 5.32 Å². The van der Waals surface area contributed by atoms with Crippen molar-refractivity contribution in [3.63, 3.8) is 0 Å². The second-order valence-electron chi connectivity index (χ2n) is 3.80. The van der Waals surface area contributed by atoms with Gasteiger partial charge in [0.25, 0.3) is 0 Å². The van der Waals surface area contributed by atoms with Crippen molar-refractivity contribution in [2.24, 2.45) is 0 Å². The van der Waals surface area contributed by atoms with Crippen molar-refractivity contribution in [1.29, 1.82) is 0 Å². The van der Waals surface area contributed by atoms with E-state index in [1.54, 1.807) is 6.07 Å². The minimum absolute atomic E-state index is 0.489. The lowest BCUT2D eigenvalue weighted by Gasteiger charge is -2.17. The number of benzene rings is 1. The highest BCUT2D eigenvalue weighted by Gasteiger charge is 2.18. The fourth-order valence-electron chi connectivity index (χ4n) is 1.56. The summed E-state index contributed by atoms with van der Waals surface area (Å²) in [5.41, 5.74) is 1.69. The quantitative estimate of drug-likeness (QED) is 0.811. The van der Waals surface area contributed by atoms with Crippen LogP contribution in [-0.2, 0) is 9.59 Å². The second-order valence-corrected chi connectivity index (χ2v) is 3.80. The molecule has 0 aromatic heterocycles. The number of anilines is 1. The Morgan fingerprint density at radius 3 is 2.41 bits per heavy atom. The number of hydrogen-bond donors (Lipinski definition) is 1. The van der Waals surface area contributed by atoms with Crippen molar-refractivity contribution in [1.82, 2.24) is 4.90 Å². The van der Waals surface area contributed by atoms with Gasteiger partial charge in [-0.25, -0.2) is 0 Å². The third-order valence-corrected chi connectivity index (χ3v) is 2.52. The normalized spacial score (nSPS) is 9.82. The Morgan fingerprint density at radius 2 is 1.88 bits per heavy atom. The van der Waals surface area contributed by atoms with Gasteiger partial charge in [0, 0.05) is 18.8 Å². The Bertz CT molecular complexity index is 412. The van der Waals surface area contributed by atoms with Gasteiger partial charge in [-0.15, -0.1) is 0 Å². The largest absolute Gasteiger partial charge is 0.335 e. The zero-order valence-electron chi connectivity index (χ0n) is 10.5. The van der Waals surface area contributed by atoms with Crippen LogP contribution in [0.5, 0.6) is 0 Å². The van der Waals surface area contributed by atoms with Gasteiger partial charge >= 0.3 is 11.8 Å². The van der Waals surface area contributed by atoms with Crippen LogP contribution >= 0.6 is 0 Å². The van der Waals surface area contributed by atoms with Crippen LogP contribution in [-0.4, -0.2) is 29.8 Å². The molecule has 2 amide bonds. The number of likely N-dealkylation sites (N-methyl/N-ethyl adjacent to an activating group) is 1. The summed E-state index contributed by atoms with van der Waals surface area (Å²) in [7, 11) is 0. The molecule has 17 heavy (non-hydrogen) atoms. The summed E-state index contributed by atoms with van der Waals surface area (Å²) in [5, 5.41) is 2.60. The maximum absolute atomic E-state index is 11.7. The van der Waals surface area contributed by atoms with Crippen molar-refractivity contribution < 1.29 is 9.59 Å². The van der Waals surface area contributed by atoms with Crippen LogP contribution in [0.4, 0.5) is 5.69 Å². The fourth-order valence-corrected chi connectivity index (χ4v) is 1.56. The monoisotopic (exact) mass is 234 g/mol. The fraction of sp³-hybridized carbons (Fsp3) is 0.385. The molecular formula is C13H18N2O2. The zero-order chi connectivity index (χ0) is 12.8. The van der Waals surface area contributed by atoms with Gasteiger partial charge < -0.3 is 10.2 Å². The Kier molecular flexibility index (Phi) is 4.69. The van der Waals surface area contributed by atoms with Crippen LogP contribution in [0.2, 0.25) is 0 Å². The summed E-state index contributed by atoms with van der Waals surface area (Å²) < 4.78 is 0. The maximum Gasteiger partial charge on any atom is 0.313 e. The second kappa shape index (κ2) is 6.03. The molecule has 1 N–H and O–H groups in total. The van der Waals surface area contributed by atoms with E-state index in [0.29, 0.717) is 18.8 Å². The molecule has 0 saturated heterocycles.